The lowest BCUT2D eigenvalue weighted by atomic mass is 9.93. The molecule has 2 N–H and O–H groups in total. The molecule has 1 amide bonds. The van der Waals surface area contributed by atoms with Crippen LogP contribution in [0.2, 0.25) is 5.02 Å². The van der Waals surface area contributed by atoms with Gasteiger partial charge in [0.25, 0.3) is 0 Å². The maximum absolute atomic E-state index is 11.9. The molecule has 1 heterocycles. The molecular formula is C17H16ClNO2. The number of amides is 1. The van der Waals surface area contributed by atoms with Gasteiger partial charge >= 0.3 is 0 Å². The van der Waals surface area contributed by atoms with Crippen LogP contribution in [0.15, 0.2) is 36.4 Å². The fraction of sp³-hybridized carbons (Fsp3) is 0.235. The number of aliphatic hydroxyl groups is 1. The Morgan fingerprint density at radius 1 is 1.24 bits per heavy atom. The first-order valence-electron chi connectivity index (χ1n) is 6.86. The number of carbonyl (C=O) groups excluding carboxylic acids is 1. The van der Waals surface area contributed by atoms with E-state index in [1.807, 2.05) is 26.0 Å². The zero-order chi connectivity index (χ0) is 15.1. The number of anilines is 1. The average Bonchev–Trinajstić information content (AvgIpc) is 2.74. The Hall–Kier alpha value is -1.84. The first-order chi connectivity index (χ1) is 9.97. The number of aryl methyl sites for hydroxylation is 1. The molecule has 2 atom stereocenters. The van der Waals surface area contributed by atoms with Crippen molar-refractivity contribution in [2.24, 2.45) is 0 Å². The zero-order valence-corrected chi connectivity index (χ0v) is 12.6. The van der Waals surface area contributed by atoms with E-state index in [0.29, 0.717) is 5.02 Å². The van der Waals surface area contributed by atoms with Gasteiger partial charge in [0.1, 0.15) is 6.10 Å². The van der Waals surface area contributed by atoms with Crippen LogP contribution < -0.4 is 5.32 Å². The number of carbonyl (C=O) groups is 1. The van der Waals surface area contributed by atoms with E-state index in [2.05, 4.69) is 5.32 Å². The highest BCUT2D eigenvalue weighted by molar-refractivity contribution is 6.30. The van der Waals surface area contributed by atoms with E-state index >= 15 is 0 Å². The van der Waals surface area contributed by atoms with E-state index in [9.17, 15) is 9.90 Å². The van der Waals surface area contributed by atoms with Crippen molar-refractivity contribution in [1.82, 2.24) is 0 Å². The van der Waals surface area contributed by atoms with Gasteiger partial charge in [-0.15, -0.1) is 0 Å². The fourth-order valence-corrected chi connectivity index (χ4v) is 2.87. The summed E-state index contributed by atoms with van der Waals surface area (Å²) in [6.45, 7) is 3.84. The van der Waals surface area contributed by atoms with E-state index in [4.69, 9.17) is 11.6 Å². The van der Waals surface area contributed by atoms with Gasteiger partial charge in [-0.3, -0.25) is 4.79 Å². The minimum absolute atomic E-state index is 0.0276. The second-order valence-electron chi connectivity index (χ2n) is 5.48. The summed E-state index contributed by atoms with van der Waals surface area (Å²) in [5.74, 6) is -0.212. The second-order valence-corrected chi connectivity index (χ2v) is 5.92. The number of hydrogen-bond donors (Lipinski definition) is 2. The second kappa shape index (κ2) is 5.17. The Bertz CT molecular complexity index is 709. The summed E-state index contributed by atoms with van der Waals surface area (Å²) in [5, 5.41) is 14.2. The van der Waals surface area contributed by atoms with E-state index in [1.165, 1.54) is 0 Å². The minimum Gasteiger partial charge on any atom is -0.384 e. The molecule has 108 valence electrons. The van der Waals surface area contributed by atoms with Crippen LogP contribution in [0.5, 0.6) is 0 Å². The van der Waals surface area contributed by atoms with Gasteiger partial charge in [-0.25, -0.2) is 0 Å². The van der Waals surface area contributed by atoms with Gasteiger partial charge < -0.3 is 10.4 Å². The van der Waals surface area contributed by atoms with Gasteiger partial charge in [0.2, 0.25) is 5.91 Å². The first kappa shape index (κ1) is 14.1. The van der Waals surface area contributed by atoms with Crippen LogP contribution >= 0.6 is 11.6 Å². The number of hydrogen-bond acceptors (Lipinski definition) is 2. The summed E-state index contributed by atoms with van der Waals surface area (Å²) in [6, 6.07) is 11.0. The largest absolute Gasteiger partial charge is 0.384 e. The molecular weight excluding hydrogens is 286 g/mol. The number of halogens is 1. The number of benzene rings is 2. The molecule has 0 bridgehead atoms. The fourth-order valence-electron chi connectivity index (χ4n) is 2.74. The van der Waals surface area contributed by atoms with E-state index < -0.39 is 6.10 Å². The van der Waals surface area contributed by atoms with E-state index in [-0.39, 0.29) is 11.8 Å². The monoisotopic (exact) mass is 301 g/mol. The van der Waals surface area contributed by atoms with Crippen molar-refractivity contribution in [1.29, 1.82) is 0 Å². The highest BCUT2D eigenvalue weighted by Gasteiger charge is 2.30. The molecule has 0 fully saturated rings. The molecule has 0 saturated heterocycles. The quantitative estimate of drug-likeness (QED) is 0.886. The van der Waals surface area contributed by atoms with Crippen molar-refractivity contribution >= 4 is 23.2 Å². The SMILES string of the molecule is Cc1cc2c(c(C(O)c3ccc(Cl)cc3)c1)NC(=O)C2C. The number of rotatable bonds is 2. The van der Waals surface area contributed by atoms with Crippen molar-refractivity contribution in [3.8, 4) is 0 Å². The Labute approximate surface area is 128 Å². The molecule has 1 aliphatic rings. The standard InChI is InChI=1S/C17H16ClNO2/c1-9-7-13-10(2)17(21)19-15(13)14(8-9)16(20)11-3-5-12(18)6-4-11/h3-8,10,16,20H,1-2H3,(H,19,21). The van der Waals surface area contributed by atoms with Crippen molar-refractivity contribution in [3.05, 3.63) is 63.7 Å². The molecule has 0 aliphatic carbocycles. The molecule has 21 heavy (non-hydrogen) atoms. The predicted octanol–water partition coefficient (Wildman–Crippen LogP) is 3.79. The zero-order valence-electron chi connectivity index (χ0n) is 11.9. The lowest BCUT2D eigenvalue weighted by Crippen LogP contribution is -2.09. The Morgan fingerprint density at radius 3 is 2.57 bits per heavy atom. The third-order valence-electron chi connectivity index (χ3n) is 3.93. The minimum atomic E-state index is -0.790. The number of fused-ring (bicyclic) bond motifs is 1. The van der Waals surface area contributed by atoms with Crippen LogP contribution in [0.3, 0.4) is 0 Å². The van der Waals surface area contributed by atoms with E-state index in [0.717, 1.165) is 27.9 Å². The molecule has 2 aromatic carbocycles. The maximum Gasteiger partial charge on any atom is 0.231 e. The third kappa shape index (κ3) is 2.43. The van der Waals surface area contributed by atoms with Crippen LogP contribution in [-0.2, 0) is 4.79 Å². The van der Waals surface area contributed by atoms with Gasteiger partial charge in [0, 0.05) is 10.6 Å². The van der Waals surface area contributed by atoms with Gasteiger partial charge in [-0.2, -0.15) is 0 Å². The van der Waals surface area contributed by atoms with Gasteiger partial charge in [0.05, 0.1) is 11.6 Å². The van der Waals surface area contributed by atoms with Gasteiger partial charge in [-0.05, 0) is 37.1 Å². The Balaban J connectivity index is 2.09. The Morgan fingerprint density at radius 2 is 1.90 bits per heavy atom. The maximum atomic E-state index is 11.9. The molecule has 1 aliphatic heterocycles. The van der Waals surface area contributed by atoms with Crippen molar-refractivity contribution in [3.63, 3.8) is 0 Å². The van der Waals surface area contributed by atoms with Crippen LogP contribution in [0, 0.1) is 6.92 Å². The van der Waals surface area contributed by atoms with Crippen LogP contribution in [0.25, 0.3) is 0 Å². The third-order valence-corrected chi connectivity index (χ3v) is 4.18. The highest BCUT2D eigenvalue weighted by atomic mass is 35.5. The molecule has 0 spiro atoms. The molecule has 2 unspecified atom stereocenters. The Kier molecular flexibility index (Phi) is 3.47. The first-order valence-corrected chi connectivity index (χ1v) is 7.24. The number of nitrogens with one attached hydrogen (secondary N) is 1. The van der Waals surface area contributed by atoms with E-state index in [1.54, 1.807) is 24.3 Å². The van der Waals surface area contributed by atoms with Crippen LogP contribution in [-0.4, -0.2) is 11.0 Å². The molecule has 0 saturated carbocycles. The summed E-state index contributed by atoms with van der Waals surface area (Å²) in [7, 11) is 0. The van der Waals surface area contributed by atoms with Crippen molar-refractivity contribution < 1.29 is 9.90 Å². The van der Waals surface area contributed by atoms with Gasteiger partial charge in [-0.1, -0.05) is 41.4 Å². The highest BCUT2D eigenvalue weighted by Crippen LogP contribution is 2.40. The predicted molar refractivity (Wildman–Crippen MR) is 83.7 cm³/mol. The van der Waals surface area contributed by atoms with Crippen LogP contribution in [0.1, 0.15) is 41.2 Å². The normalized spacial score (nSPS) is 18.3. The van der Waals surface area contributed by atoms with Gasteiger partial charge in [0.15, 0.2) is 0 Å². The lowest BCUT2D eigenvalue weighted by molar-refractivity contribution is -0.116. The average molecular weight is 302 g/mol. The number of aliphatic hydroxyl groups excluding tert-OH is 1. The summed E-state index contributed by atoms with van der Waals surface area (Å²) >= 11 is 5.88. The summed E-state index contributed by atoms with van der Waals surface area (Å²) in [6.07, 6.45) is -0.790. The molecule has 2 aromatic rings. The molecule has 3 rings (SSSR count). The smallest absolute Gasteiger partial charge is 0.231 e. The molecule has 4 heteroatoms. The van der Waals surface area contributed by atoms with Crippen molar-refractivity contribution in [2.45, 2.75) is 25.9 Å². The molecule has 3 nitrogen and oxygen atoms in total. The molecule has 0 radical (unpaired) electrons. The van der Waals surface area contributed by atoms with Crippen molar-refractivity contribution in [2.75, 3.05) is 5.32 Å². The summed E-state index contributed by atoms with van der Waals surface area (Å²) in [5.41, 5.74) is 4.19. The topological polar surface area (TPSA) is 49.3 Å². The summed E-state index contributed by atoms with van der Waals surface area (Å²) in [4.78, 5) is 11.9. The van der Waals surface area contributed by atoms with Crippen LogP contribution in [0.4, 0.5) is 5.69 Å². The molecule has 0 aromatic heterocycles. The summed E-state index contributed by atoms with van der Waals surface area (Å²) < 4.78 is 0. The lowest BCUT2D eigenvalue weighted by Gasteiger charge is -2.17.